The van der Waals surface area contributed by atoms with Crippen molar-refractivity contribution in [2.24, 2.45) is 0 Å². The predicted octanol–water partition coefficient (Wildman–Crippen LogP) is 4.76. The Labute approximate surface area is 182 Å². The van der Waals surface area contributed by atoms with Gasteiger partial charge < -0.3 is 19.8 Å². The lowest BCUT2D eigenvalue weighted by atomic mass is 9.88. The maximum atomic E-state index is 6.95. The van der Waals surface area contributed by atoms with E-state index >= 15 is 0 Å². The van der Waals surface area contributed by atoms with E-state index in [2.05, 4.69) is 67.3 Å². The van der Waals surface area contributed by atoms with E-state index in [9.17, 15) is 0 Å². The fraction of sp³-hybridized carbons (Fsp3) is 0.391. The van der Waals surface area contributed by atoms with Crippen LogP contribution in [0.1, 0.15) is 38.2 Å². The minimum absolute atomic E-state index is 0.257. The molecule has 1 aromatic carbocycles. The Kier molecular flexibility index (Phi) is 6.14. The number of hydrogen-bond acceptors (Lipinski definition) is 6. The minimum atomic E-state index is 0.257. The number of ether oxygens (including phenoxy) is 1. The highest BCUT2D eigenvalue weighted by atomic mass is 16.5. The summed E-state index contributed by atoms with van der Waals surface area (Å²) in [6, 6.07) is 8.98. The molecule has 4 rings (SSSR count). The largest absolute Gasteiger partial charge is 0.496 e. The summed E-state index contributed by atoms with van der Waals surface area (Å²) in [4.78, 5) is 14.0. The van der Waals surface area contributed by atoms with Crippen molar-refractivity contribution in [2.75, 3.05) is 25.5 Å². The molecule has 31 heavy (non-hydrogen) atoms. The first-order valence-electron chi connectivity index (χ1n) is 10.5. The lowest BCUT2D eigenvalue weighted by molar-refractivity contribution is 0.172. The molecule has 160 valence electrons. The number of anilines is 2. The Morgan fingerprint density at radius 3 is 2.61 bits per heavy atom. The van der Waals surface area contributed by atoms with Gasteiger partial charge in [0, 0.05) is 17.7 Å². The van der Waals surface area contributed by atoms with Crippen LogP contribution in [0.15, 0.2) is 36.7 Å². The van der Waals surface area contributed by atoms with Crippen molar-refractivity contribution >= 4 is 17.5 Å². The van der Waals surface area contributed by atoms with Crippen LogP contribution in [-0.4, -0.2) is 51.3 Å². The van der Waals surface area contributed by atoms with E-state index in [1.165, 1.54) is 30.8 Å². The number of rotatable bonds is 6. The third kappa shape index (κ3) is 4.67. The van der Waals surface area contributed by atoms with Crippen LogP contribution in [0.5, 0.6) is 5.75 Å². The van der Waals surface area contributed by atoms with Crippen LogP contribution in [0.2, 0.25) is 0 Å². The number of nitrogens with one attached hydrogen (secondary N) is 2. The first-order valence-corrected chi connectivity index (χ1v) is 10.5. The Morgan fingerprint density at radius 2 is 1.97 bits per heavy atom. The molecule has 3 heterocycles. The van der Waals surface area contributed by atoms with E-state index in [1.807, 2.05) is 6.07 Å². The maximum Gasteiger partial charge on any atom is 0.288 e. The van der Waals surface area contributed by atoms with Crippen LogP contribution in [0, 0.1) is 6.57 Å². The number of benzene rings is 1. The van der Waals surface area contributed by atoms with Crippen molar-refractivity contribution in [3.8, 4) is 17.0 Å². The number of likely N-dealkylation sites (tertiary alicyclic amines) is 1. The van der Waals surface area contributed by atoms with Gasteiger partial charge in [-0.25, -0.2) is 4.98 Å². The third-order valence-electron chi connectivity index (χ3n) is 5.83. The van der Waals surface area contributed by atoms with Crippen LogP contribution in [0.25, 0.3) is 16.1 Å². The van der Waals surface area contributed by atoms with Gasteiger partial charge in [0.1, 0.15) is 5.75 Å². The minimum Gasteiger partial charge on any atom is -0.496 e. The van der Waals surface area contributed by atoms with Gasteiger partial charge >= 0.3 is 0 Å². The zero-order valence-corrected chi connectivity index (χ0v) is 18.1. The molecular weight excluding hydrogens is 390 g/mol. The van der Waals surface area contributed by atoms with Crippen LogP contribution in [0.3, 0.4) is 0 Å². The van der Waals surface area contributed by atoms with Crippen LogP contribution in [-0.2, 0) is 0 Å². The molecule has 1 aliphatic heterocycles. The Morgan fingerprint density at radius 1 is 1.16 bits per heavy atom. The molecule has 0 atom stereocenters. The van der Waals surface area contributed by atoms with Crippen LogP contribution >= 0.6 is 0 Å². The normalized spacial score (nSPS) is 15.1. The second-order valence-corrected chi connectivity index (χ2v) is 8.03. The fourth-order valence-corrected chi connectivity index (χ4v) is 4.03. The zero-order valence-electron chi connectivity index (χ0n) is 18.1. The Bertz CT molecular complexity index is 1060. The maximum absolute atomic E-state index is 6.95. The molecule has 1 aliphatic rings. The summed E-state index contributed by atoms with van der Waals surface area (Å²) in [6.45, 7) is 13.8. The fourth-order valence-electron chi connectivity index (χ4n) is 4.03. The second-order valence-electron chi connectivity index (χ2n) is 8.03. The monoisotopic (exact) mass is 417 g/mol. The summed E-state index contributed by atoms with van der Waals surface area (Å²) in [7, 11) is 1.70. The van der Waals surface area contributed by atoms with Gasteiger partial charge in [-0.15, -0.1) is 4.98 Å². The molecule has 0 amide bonds. The highest BCUT2D eigenvalue weighted by molar-refractivity contribution is 5.71. The molecule has 2 N–H and O–H groups in total. The highest BCUT2D eigenvalue weighted by Gasteiger charge is 2.23. The molecule has 0 unspecified atom stereocenters. The van der Waals surface area contributed by atoms with Gasteiger partial charge in [0.15, 0.2) is 17.8 Å². The lowest BCUT2D eigenvalue weighted by Crippen LogP contribution is -2.37. The number of hydrogen-bond donors (Lipinski definition) is 2. The van der Waals surface area contributed by atoms with Gasteiger partial charge in [0.05, 0.1) is 19.0 Å². The Hall–Kier alpha value is -3.44. The standard InChI is InChI=1S/C23H27N7O/c1-15(2)30-9-7-16(8-10-30)17-5-6-18(20(11-17)31-4)19-12-21(29-28-19)27-23-14-25-22(24-3)13-26-23/h5-6,11-16H,7-10H2,1-2,4H3,(H2,26,27,28,29). The summed E-state index contributed by atoms with van der Waals surface area (Å²) in [5, 5.41) is 10.5. The molecular formula is C23H27N7O. The summed E-state index contributed by atoms with van der Waals surface area (Å²) in [5.41, 5.74) is 3.14. The van der Waals surface area contributed by atoms with Crippen molar-refractivity contribution in [1.29, 1.82) is 0 Å². The number of nitrogens with zero attached hydrogens (tertiary/aromatic N) is 5. The van der Waals surface area contributed by atoms with Crippen molar-refractivity contribution in [2.45, 2.75) is 38.6 Å². The molecule has 0 spiro atoms. The average molecular weight is 418 g/mol. The summed E-state index contributed by atoms with van der Waals surface area (Å²) in [5.74, 6) is 2.80. The van der Waals surface area contributed by atoms with E-state index in [-0.39, 0.29) is 5.82 Å². The smallest absolute Gasteiger partial charge is 0.288 e. The molecule has 8 heteroatoms. The van der Waals surface area contributed by atoms with Crippen LogP contribution in [0.4, 0.5) is 17.5 Å². The summed E-state index contributed by atoms with van der Waals surface area (Å²) < 4.78 is 5.71. The van der Waals surface area contributed by atoms with E-state index in [0.29, 0.717) is 23.6 Å². The molecule has 1 saturated heterocycles. The molecule has 2 aromatic heterocycles. The molecule has 3 aromatic rings. The molecule has 0 bridgehead atoms. The second kappa shape index (κ2) is 9.14. The Balaban J connectivity index is 1.49. The van der Waals surface area contributed by atoms with Gasteiger partial charge in [0.25, 0.3) is 5.82 Å². The van der Waals surface area contributed by atoms with Gasteiger partial charge in [-0.1, -0.05) is 12.6 Å². The lowest BCUT2D eigenvalue weighted by Gasteiger charge is -2.35. The van der Waals surface area contributed by atoms with Crippen molar-refractivity contribution in [1.82, 2.24) is 25.1 Å². The zero-order chi connectivity index (χ0) is 21.8. The summed E-state index contributed by atoms with van der Waals surface area (Å²) in [6.07, 6.45) is 5.29. The van der Waals surface area contributed by atoms with Crippen molar-refractivity contribution in [3.05, 3.63) is 53.6 Å². The topological polar surface area (TPSA) is 83.3 Å². The third-order valence-corrected chi connectivity index (χ3v) is 5.83. The number of methoxy groups -OCH3 is 1. The van der Waals surface area contributed by atoms with Crippen LogP contribution < -0.4 is 10.1 Å². The molecule has 8 nitrogen and oxygen atoms in total. The number of H-pyrrole nitrogens is 1. The van der Waals surface area contributed by atoms with Gasteiger partial charge in [-0.3, -0.25) is 5.10 Å². The first-order chi connectivity index (χ1) is 15.1. The molecule has 0 aliphatic carbocycles. The number of piperidine rings is 1. The SMILES string of the molecule is [C-]#[N+]c1cnc(Nc2cc(-c3ccc(C4CCN(C(C)C)CC4)cc3OC)[nH]n2)cn1. The molecule has 0 saturated carbocycles. The van der Waals surface area contributed by atoms with E-state index in [4.69, 9.17) is 11.3 Å². The van der Waals surface area contributed by atoms with Crippen molar-refractivity contribution in [3.63, 3.8) is 0 Å². The van der Waals surface area contributed by atoms with Gasteiger partial charge in [0.2, 0.25) is 0 Å². The van der Waals surface area contributed by atoms with E-state index in [1.54, 1.807) is 7.11 Å². The van der Waals surface area contributed by atoms with Gasteiger partial charge in [-0.2, -0.15) is 5.10 Å². The van der Waals surface area contributed by atoms with Gasteiger partial charge in [-0.05, 0) is 63.4 Å². The highest BCUT2D eigenvalue weighted by Crippen LogP contribution is 2.36. The number of aromatic nitrogens is 4. The van der Waals surface area contributed by atoms with E-state index < -0.39 is 0 Å². The average Bonchev–Trinajstić information content (AvgIpc) is 3.27. The molecule has 1 fully saturated rings. The number of aromatic amines is 1. The predicted molar refractivity (Wildman–Crippen MR) is 121 cm³/mol. The first kappa shape index (κ1) is 20.8. The van der Waals surface area contributed by atoms with E-state index in [0.717, 1.165) is 30.1 Å². The van der Waals surface area contributed by atoms with Crippen molar-refractivity contribution < 1.29 is 4.74 Å². The quantitative estimate of drug-likeness (QED) is 0.563. The molecule has 0 radical (unpaired) electrons. The summed E-state index contributed by atoms with van der Waals surface area (Å²) >= 11 is 0.